The maximum absolute atomic E-state index is 13.6. The summed E-state index contributed by atoms with van der Waals surface area (Å²) in [4.78, 5) is 25.7. The lowest BCUT2D eigenvalue weighted by molar-refractivity contribution is 0.0635. The van der Waals surface area contributed by atoms with Gasteiger partial charge in [-0.1, -0.05) is 24.3 Å². The number of halogens is 2. The predicted octanol–water partition coefficient (Wildman–Crippen LogP) is 7.70. The van der Waals surface area contributed by atoms with Crippen molar-refractivity contribution in [2.75, 3.05) is 10.6 Å². The second-order valence-corrected chi connectivity index (χ2v) is 11.9. The van der Waals surface area contributed by atoms with E-state index in [2.05, 4.69) is 10.6 Å². The van der Waals surface area contributed by atoms with Gasteiger partial charge < -0.3 is 10.1 Å². The highest BCUT2D eigenvalue weighted by Gasteiger charge is 2.19. The number of benzene rings is 4. The number of carbonyl (C=O) groups is 2. The average Bonchev–Trinajstić information content (AvgIpc) is 2.89. The molecule has 0 aliphatic carbocycles. The number of carbonyl (C=O) groups excluding carboxylic acids is 2. The number of hydrogen-bond acceptors (Lipinski definition) is 5. The quantitative estimate of drug-likeness (QED) is 0.223. The minimum Gasteiger partial charge on any atom is -0.444 e. The summed E-state index contributed by atoms with van der Waals surface area (Å²) in [6.07, 6.45) is -0.718. The maximum atomic E-state index is 13.6. The summed E-state index contributed by atoms with van der Waals surface area (Å²) in [5.41, 5.74) is 1.31. The van der Waals surface area contributed by atoms with E-state index < -0.39 is 39.0 Å². The Morgan fingerprint density at radius 1 is 0.750 bits per heavy atom. The lowest BCUT2D eigenvalue weighted by atomic mass is 10.0. The standard InChI is InChI=1S/C30H27F2N3O4S/c1-30(2,3)39-29(37)35-26-16-11-21(19-7-12-22(31)13-8-19)17-27(26)34-28(36)20-9-14-24(15-10-20)40(33,38)25-6-4-5-23(32)18-25/h4-18,33H,1-3H3,(H,34,36)(H,35,37). The van der Waals surface area contributed by atoms with Crippen molar-refractivity contribution in [2.45, 2.75) is 36.2 Å². The van der Waals surface area contributed by atoms with Crippen molar-refractivity contribution in [3.63, 3.8) is 0 Å². The molecule has 4 aromatic carbocycles. The van der Waals surface area contributed by atoms with E-state index in [-0.39, 0.29) is 26.7 Å². The van der Waals surface area contributed by atoms with Crippen LogP contribution < -0.4 is 10.6 Å². The van der Waals surface area contributed by atoms with Crippen LogP contribution in [0.4, 0.5) is 25.0 Å². The Balaban J connectivity index is 1.62. The van der Waals surface area contributed by atoms with Gasteiger partial charge >= 0.3 is 6.09 Å². The van der Waals surface area contributed by atoms with Crippen LogP contribution >= 0.6 is 0 Å². The molecule has 2 amide bonds. The lowest BCUT2D eigenvalue weighted by Gasteiger charge is -2.21. The van der Waals surface area contributed by atoms with Gasteiger partial charge in [0.15, 0.2) is 0 Å². The first-order chi connectivity index (χ1) is 18.8. The minimum absolute atomic E-state index is 0.0140. The SMILES string of the molecule is CC(C)(C)OC(=O)Nc1ccc(-c2ccc(F)cc2)cc1NC(=O)c1ccc(S(=N)(=O)c2cccc(F)c2)cc1. The average molecular weight is 564 g/mol. The van der Waals surface area contributed by atoms with Crippen LogP contribution in [-0.4, -0.2) is 21.8 Å². The first-order valence-electron chi connectivity index (χ1n) is 12.2. The predicted molar refractivity (Wildman–Crippen MR) is 150 cm³/mol. The molecule has 0 aliphatic rings. The van der Waals surface area contributed by atoms with Crippen molar-refractivity contribution in [3.05, 3.63) is 108 Å². The second kappa shape index (κ2) is 11.3. The summed E-state index contributed by atoms with van der Waals surface area (Å²) in [5.74, 6) is -1.54. The number of ether oxygens (including phenoxy) is 1. The molecule has 4 rings (SSSR count). The van der Waals surface area contributed by atoms with Gasteiger partial charge in [0.25, 0.3) is 5.91 Å². The third-order valence-electron chi connectivity index (χ3n) is 5.66. The van der Waals surface area contributed by atoms with Crippen LogP contribution in [-0.2, 0) is 14.5 Å². The number of amides is 2. The molecule has 0 saturated heterocycles. The molecule has 0 heterocycles. The van der Waals surface area contributed by atoms with E-state index in [0.29, 0.717) is 11.1 Å². The summed E-state index contributed by atoms with van der Waals surface area (Å²) in [7, 11) is -3.50. The smallest absolute Gasteiger partial charge is 0.412 e. The fourth-order valence-electron chi connectivity index (χ4n) is 3.77. The largest absolute Gasteiger partial charge is 0.444 e. The number of anilines is 2. The van der Waals surface area contributed by atoms with Crippen molar-refractivity contribution < 1.29 is 27.3 Å². The van der Waals surface area contributed by atoms with Gasteiger partial charge in [-0.05, 0) is 98.6 Å². The second-order valence-electron chi connectivity index (χ2n) is 9.89. The molecule has 0 aliphatic heterocycles. The first-order valence-corrected chi connectivity index (χ1v) is 13.7. The Morgan fingerprint density at radius 2 is 1.40 bits per heavy atom. The molecule has 206 valence electrons. The summed E-state index contributed by atoms with van der Waals surface area (Å²) in [6.45, 7) is 5.17. The highest BCUT2D eigenvalue weighted by atomic mass is 32.2. The van der Waals surface area contributed by atoms with E-state index in [4.69, 9.17) is 9.52 Å². The maximum Gasteiger partial charge on any atom is 0.412 e. The van der Waals surface area contributed by atoms with Crippen molar-refractivity contribution in [1.82, 2.24) is 0 Å². The van der Waals surface area contributed by atoms with E-state index in [0.717, 1.165) is 6.07 Å². The van der Waals surface area contributed by atoms with Crippen LogP contribution in [0.25, 0.3) is 11.1 Å². The highest BCUT2D eigenvalue weighted by Crippen LogP contribution is 2.31. The Hall–Kier alpha value is -4.57. The molecule has 0 fully saturated rings. The molecule has 3 N–H and O–H groups in total. The molecule has 0 radical (unpaired) electrons. The van der Waals surface area contributed by atoms with Gasteiger partial charge in [0.05, 0.1) is 21.2 Å². The Bertz CT molecular complexity index is 1660. The minimum atomic E-state index is -3.50. The Kier molecular flexibility index (Phi) is 8.01. The van der Waals surface area contributed by atoms with E-state index in [9.17, 15) is 22.6 Å². The molecule has 7 nitrogen and oxygen atoms in total. The van der Waals surface area contributed by atoms with Crippen LogP contribution in [0.1, 0.15) is 31.1 Å². The molecule has 1 atom stereocenters. The molecule has 0 spiro atoms. The third kappa shape index (κ3) is 6.89. The van der Waals surface area contributed by atoms with Gasteiger partial charge in [0, 0.05) is 5.56 Å². The van der Waals surface area contributed by atoms with E-state index in [1.807, 2.05) is 0 Å². The Morgan fingerprint density at radius 3 is 2.02 bits per heavy atom. The van der Waals surface area contributed by atoms with Crippen LogP contribution in [0.15, 0.2) is 101 Å². The zero-order valence-corrected chi connectivity index (χ0v) is 22.8. The van der Waals surface area contributed by atoms with Gasteiger partial charge in [0.1, 0.15) is 27.0 Å². The van der Waals surface area contributed by atoms with Crippen LogP contribution in [0, 0.1) is 16.4 Å². The third-order valence-corrected chi connectivity index (χ3v) is 7.51. The highest BCUT2D eigenvalue weighted by molar-refractivity contribution is 7.92. The molecule has 4 aromatic rings. The van der Waals surface area contributed by atoms with E-state index in [1.165, 1.54) is 54.6 Å². The first kappa shape index (κ1) is 28.4. The fraction of sp³-hybridized carbons (Fsp3) is 0.133. The van der Waals surface area contributed by atoms with Gasteiger partial charge in [-0.25, -0.2) is 22.6 Å². The fourth-order valence-corrected chi connectivity index (χ4v) is 5.11. The van der Waals surface area contributed by atoms with E-state index >= 15 is 0 Å². The van der Waals surface area contributed by atoms with Gasteiger partial charge in [-0.3, -0.25) is 10.1 Å². The number of hydrogen-bond donors (Lipinski definition) is 3. The van der Waals surface area contributed by atoms with Crippen molar-refractivity contribution in [1.29, 1.82) is 4.78 Å². The van der Waals surface area contributed by atoms with Crippen molar-refractivity contribution in [3.8, 4) is 11.1 Å². The van der Waals surface area contributed by atoms with Crippen LogP contribution in [0.5, 0.6) is 0 Å². The summed E-state index contributed by atoms with van der Waals surface area (Å²) in [6, 6.07) is 21.3. The molecule has 1 unspecified atom stereocenters. The lowest BCUT2D eigenvalue weighted by Crippen LogP contribution is -2.27. The van der Waals surface area contributed by atoms with E-state index in [1.54, 1.807) is 51.1 Å². The zero-order valence-electron chi connectivity index (χ0n) is 22.0. The monoisotopic (exact) mass is 563 g/mol. The summed E-state index contributed by atoms with van der Waals surface area (Å²) < 4.78 is 53.8. The molecular weight excluding hydrogens is 536 g/mol. The van der Waals surface area contributed by atoms with Crippen molar-refractivity contribution in [2.24, 2.45) is 0 Å². The molecule has 0 saturated carbocycles. The van der Waals surface area contributed by atoms with Crippen molar-refractivity contribution >= 4 is 33.1 Å². The zero-order chi connectivity index (χ0) is 29.1. The van der Waals surface area contributed by atoms with Gasteiger partial charge in [-0.15, -0.1) is 0 Å². The summed E-state index contributed by atoms with van der Waals surface area (Å²) >= 11 is 0. The Labute approximate surface area is 231 Å². The molecule has 40 heavy (non-hydrogen) atoms. The molecule has 0 bridgehead atoms. The number of rotatable bonds is 6. The van der Waals surface area contributed by atoms with Gasteiger partial charge in [0.2, 0.25) is 0 Å². The van der Waals surface area contributed by atoms with Crippen LogP contribution in [0.3, 0.4) is 0 Å². The number of nitrogens with one attached hydrogen (secondary N) is 3. The van der Waals surface area contributed by atoms with Crippen LogP contribution in [0.2, 0.25) is 0 Å². The molecular formula is C30H27F2N3O4S. The van der Waals surface area contributed by atoms with Gasteiger partial charge in [-0.2, -0.15) is 0 Å². The topological polar surface area (TPSA) is 108 Å². The molecule has 10 heteroatoms. The normalized spacial score (nSPS) is 12.7. The molecule has 0 aromatic heterocycles. The summed E-state index contributed by atoms with van der Waals surface area (Å²) in [5, 5.41) is 5.40.